The molecular weight excluding hydrogens is 448 g/mol. The Morgan fingerprint density at radius 1 is 0.417 bits per heavy atom. The molecule has 2 aromatic carbocycles. The third-order valence-corrected chi connectivity index (χ3v) is 5.95. The second-order valence-corrected chi connectivity index (χ2v) is 8.31. The predicted molar refractivity (Wildman–Crippen MR) is 139 cm³/mol. The van der Waals surface area contributed by atoms with Crippen molar-refractivity contribution in [1.29, 1.82) is 0 Å². The lowest BCUT2D eigenvalue weighted by Gasteiger charge is -2.06. The number of hydrogen-bond donors (Lipinski definition) is 2. The molecule has 170 valence electrons. The number of fused-ring (bicyclic) bond motifs is 2. The fourth-order valence-corrected chi connectivity index (χ4v) is 4.20. The highest BCUT2D eigenvalue weighted by atomic mass is 15.0. The fourth-order valence-electron chi connectivity index (χ4n) is 4.20. The van der Waals surface area contributed by atoms with E-state index >= 15 is 0 Å². The van der Waals surface area contributed by atoms with Crippen LogP contribution in [0.4, 0.5) is 0 Å². The molecule has 5 heterocycles. The fraction of sp³-hybridized carbons (Fsp3) is 0. The van der Waals surface area contributed by atoms with Gasteiger partial charge in [-0.25, -0.2) is 29.9 Å². The quantitative estimate of drug-likeness (QED) is 0.345. The first-order valence-corrected chi connectivity index (χ1v) is 11.5. The first-order chi connectivity index (χ1) is 17.8. The normalized spacial score (nSPS) is 11.3. The smallest absolute Gasteiger partial charge is 0.157 e. The molecule has 7 aromatic rings. The van der Waals surface area contributed by atoms with E-state index in [1.54, 1.807) is 0 Å². The second-order valence-electron chi connectivity index (χ2n) is 8.31. The third-order valence-electron chi connectivity index (χ3n) is 5.95. The average Bonchev–Trinajstić information content (AvgIpc) is 3.58. The summed E-state index contributed by atoms with van der Waals surface area (Å²) in [6, 6.07) is 29.4. The van der Waals surface area contributed by atoms with Gasteiger partial charge in [-0.1, -0.05) is 36.4 Å². The van der Waals surface area contributed by atoms with E-state index in [4.69, 9.17) is 9.97 Å². The van der Waals surface area contributed by atoms with Crippen LogP contribution in [-0.2, 0) is 0 Å². The van der Waals surface area contributed by atoms with Crippen molar-refractivity contribution in [2.24, 2.45) is 0 Å². The van der Waals surface area contributed by atoms with Gasteiger partial charge in [0.2, 0.25) is 0 Å². The van der Waals surface area contributed by atoms with Crippen LogP contribution in [-0.4, -0.2) is 39.9 Å². The summed E-state index contributed by atoms with van der Waals surface area (Å²) in [5, 5.41) is 0. The standard InChI is InChI=1S/C28H18N8/c1-2-8-18-17(7-1)33-27(34-18)23-13-5-11-21(31-23)25-15-26(30-16-29-25)22-12-6-14-24(32-22)28-35-19-9-3-4-10-20(19)36-28/h1-16H,(H,33,34)(H,35,36). The topological polar surface area (TPSA) is 109 Å². The summed E-state index contributed by atoms with van der Waals surface area (Å²) in [5.41, 5.74) is 8.10. The van der Waals surface area contributed by atoms with Crippen molar-refractivity contribution in [3.05, 3.63) is 97.3 Å². The number of benzene rings is 2. The summed E-state index contributed by atoms with van der Waals surface area (Å²) in [6.07, 6.45) is 1.54. The van der Waals surface area contributed by atoms with Crippen LogP contribution >= 0.6 is 0 Å². The summed E-state index contributed by atoms with van der Waals surface area (Å²) in [7, 11) is 0. The molecule has 0 unspecified atom stereocenters. The molecule has 0 fully saturated rings. The number of rotatable bonds is 4. The Hall–Kier alpha value is -5.24. The molecule has 36 heavy (non-hydrogen) atoms. The van der Waals surface area contributed by atoms with Gasteiger partial charge in [-0.05, 0) is 54.6 Å². The molecule has 0 aliphatic rings. The molecule has 8 heteroatoms. The van der Waals surface area contributed by atoms with Gasteiger partial charge in [-0.3, -0.25) is 0 Å². The molecule has 0 amide bonds. The minimum atomic E-state index is 0.703. The number of aromatic nitrogens is 8. The van der Waals surface area contributed by atoms with Crippen LogP contribution in [0.15, 0.2) is 97.3 Å². The van der Waals surface area contributed by atoms with E-state index < -0.39 is 0 Å². The number of hydrogen-bond acceptors (Lipinski definition) is 6. The molecule has 5 aromatic heterocycles. The molecular formula is C28H18N8. The Bertz CT molecular complexity index is 1670. The minimum absolute atomic E-state index is 0.703. The first kappa shape index (κ1) is 20.2. The van der Waals surface area contributed by atoms with Crippen LogP contribution < -0.4 is 0 Å². The molecule has 2 N–H and O–H groups in total. The van der Waals surface area contributed by atoms with Crippen LogP contribution in [0.5, 0.6) is 0 Å². The Balaban J connectivity index is 1.24. The van der Waals surface area contributed by atoms with E-state index in [1.165, 1.54) is 6.33 Å². The van der Waals surface area contributed by atoms with Crippen LogP contribution in [0.3, 0.4) is 0 Å². The van der Waals surface area contributed by atoms with Crippen LogP contribution in [0, 0.1) is 0 Å². The van der Waals surface area contributed by atoms with Gasteiger partial charge in [-0.2, -0.15) is 0 Å². The maximum absolute atomic E-state index is 4.81. The number of pyridine rings is 2. The number of aromatic amines is 2. The molecule has 0 aliphatic heterocycles. The zero-order chi connectivity index (χ0) is 23.9. The van der Waals surface area contributed by atoms with Gasteiger partial charge in [0.05, 0.1) is 44.8 Å². The average molecular weight is 467 g/mol. The highest BCUT2D eigenvalue weighted by molar-refractivity contribution is 5.80. The van der Waals surface area contributed by atoms with Gasteiger partial charge in [0.1, 0.15) is 17.7 Å². The summed E-state index contributed by atoms with van der Waals surface area (Å²) in [6.45, 7) is 0. The van der Waals surface area contributed by atoms with Crippen molar-refractivity contribution < 1.29 is 0 Å². The van der Waals surface area contributed by atoms with Gasteiger partial charge in [0.15, 0.2) is 11.6 Å². The van der Waals surface area contributed by atoms with Crippen molar-refractivity contribution >= 4 is 22.1 Å². The molecule has 0 saturated heterocycles. The SMILES string of the molecule is c1cc(-c2cc(-c3cccc(-c4nc5ccccc5[nH]4)n3)ncn2)nc(-c2nc3ccccc3[nH]2)c1. The molecule has 8 nitrogen and oxygen atoms in total. The Morgan fingerprint density at radius 3 is 1.39 bits per heavy atom. The van der Waals surface area contributed by atoms with Gasteiger partial charge < -0.3 is 9.97 Å². The highest BCUT2D eigenvalue weighted by Crippen LogP contribution is 2.26. The van der Waals surface area contributed by atoms with E-state index in [9.17, 15) is 0 Å². The summed E-state index contributed by atoms with van der Waals surface area (Å²) in [4.78, 5) is 34.6. The monoisotopic (exact) mass is 466 g/mol. The molecule has 0 saturated carbocycles. The maximum atomic E-state index is 4.81. The molecule has 7 rings (SSSR count). The number of nitrogens with one attached hydrogen (secondary N) is 2. The zero-order valence-electron chi connectivity index (χ0n) is 18.9. The molecule has 0 bridgehead atoms. The van der Waals surface area contributed by atoms with Crippen molar-refractivity contribution in [3.63, 3.8) is 0 Å². The van der Waals surface area contributed by atoms with Crippen molar-refractivity contribution in [2.45, 2.75) is 0 Å². The zero-order valence-corrected chi connectivity index (χ0v) is 18.9. The van der Waals surface area contributed by atoms with E-state index in [1.807, 2.05) is 91.0 Å². The molecule has 0 atom stereocenters. The molecule has 0 radical (unpaired) electrons. The van der Waals surface area contributed by atoms with Crippen LogP contribution in [0.1, 0.15) is 0 Å². The minimum Gasteiger partial charge on any atom is -0.337 e. The Morgan fingerprint density at radius 2 is 0.889 bits per heavy atom. The largest absolute Gasteiger partial charge is 0.337 e. The van der Waals surface area contributed by atoms with Crippen LogP contribution in [0.2, 0.25) is 0 Å². The highest BCUT2D eigenvalue weighted by Gasteiger charge is 2.12. The van der Waals surface area contributed by atoms with Crippen molar-refractivity contribution in [3.8, 4) is 45.8 Å². The lowest BCUT2D eigenvalue weighted by molar-refractivity contribution is 1.13. The lowest BCUT2D eigenvalue weighted by Crippen LogP contribution is -1.95. The van der Waals surface area contributed by atoms with Crippen LogP contribution in [0.25, 0.3) is 67.9 Å². The van der Waals surface area contributed by atoms with Gasteiger partial charge in [0, 0.05) is 0 Å². The summed E-state index contributed by atoms with van der Waals surface area (Å²) < 4.78 is 0. The van der Waals surface area contributed by atoms with E-state index in [0.29, 0.717) is 23.0 Å². The number of nitrogens with zero attached hydrogens (tertiary/aromatic N) is 6. The summed E-state index contributed by atoms with van der Waals surface area (Å²) >= 11 is 0. The van der Waals surface area contributed by atoms with Crippen molar-refractivity contribution in [2.75, 3.05) is 0 Å². The first-order valence-electron chi connectivity index (χ1n) is 11.5. The Kier molecular flexibility index (Phi) is 4.60. The van der Waals surface area contributed by atoms with E-state index in [-0.39, 0.29) is 0 Å². The van der Waals surface area contributed by atoms with E-state index in [2.05, 4.69) is 29.9 Å². The van der Waals surface area contributed by atoms with E-state index in [0.717, 1.165) is 44.8 Å². The summed E-state index contributed by atoms with van der Waals surface area (Å²) in [5.74, 6) is 1.43. The van der Waals surface area contributed by atoms with Gasteiger partial charge in [0.25, 0.3) is 0 Å². The molecule has 0 aliphatic carbocycles. The predicted octanol–water partition coefficient (Wildman–Crippen LogP) is 5.69. The van der Waals surface area contributed by atoms with Crippen molar-refractivity contribution in [1.82, 2.24) is 39.9 Å². The lowest BCUT2D eigenvalue weighted by atomic mass is 10.2. The molecule has 0 spiro atoms. The number of imidazole rings is 2. The van der Waals surface area contributed by atoms with Gasteiger partial charge >= 0.3 is 0 Å². The third kappa shape index (κ3) is 3.57. The maximum Gasteiger partial charge on any atom is 0.157 e. The Labute approximate surface area is 205 Å². The second kappa shape index (κ2) is 8.21. The van der Waals surface area contributed by atoms with Gasteiger partial charge in [-0.15, -0.1) is 0 Å². The number of H-pyrrole nitrogens is 2. The number of para-hydroxylation sites is 4.